The summed E-state index contributed by atoms with van der Waals surface area (Å²) >= 11 is 13.7. The van der Waals surface area contributed by atoms with E-state index in [1.807, 2.05) is 6.07 Å². The van der Waals surface area contributed by atoms with Gasteiger partial charge in [-0.1, -0.05) is 53.2 Å². The van der Waals surface area contributed by atoms with Crippen molar-refractivity contribution in [1.29, 1.82) is 0 Å². The van der Waals surface area contributed by atoms with Crippen molar-refractivity contribution in [3.8, 4) is 0 Å². The molecule has 8 heteroatoms. The van der Waals surface area contributed by atoms with Gasteiger partial charge in [-0.25, -0.2) is 9.79 Å². The normalized spacial score (nSPS) is 17.9. The number of benzene rings is 2. The third-order valence-corrected chi connectivity index (χ3v) is 6.14. The van der Waals surface area contributed by atoms with Crippen molar-refractivity contribution in [2.24, 2.45) is 4.99 Å². The minimum Gasteiger partial charge on any atom is -0.478 e. The number of carboxylic acid groups (broad SMARTS) is 1. The zero-order valence-electron chi connectivity index (χ0n) is 14.6. The SMILES string of the molecule is C=CCN1C(=O)C(Cc2cccc(Cl)c2Cl)SC1=Nc1ccc(C(=O)O)cc1. The van der Waals surface area contributed by atoms with E-state index < -0.39 is 5.97 Å². The lowest BCUT2D eigenvalue weighted by Gasteiger charge is -2.14. The van der Waals surface area contributed by atoms with Gasteiger partial charge in [-0.15, -0.1) is 6.58 Å². The second kappa shape index (κ2) is 8.82. The summed E-state index contributed by atoms with van der Waals surface area (Å²) in [6, 6.07) is 11.5. The first kappa shape index (κ1) is 20.5. The van der Waals surface area contributed by atoms with Crippen LogP contribution in [0, 0.1) is 0 Å². The van der Waals surface area contributed by atoms with Crippen LogP contribution in [0.2, 0.25) is 10.0 Å². The molecule has 1 aliphatic heterocycles. The van der Waals surface area contributed by atoms with Crippen molar-refractivity contribution in [3.63, 3.8) is 0 Å². The van der Waals surface area contributed by atoms with Crippen molar-refractivity contribution in [3.05, 3.63) is 76.3 Å². The van der Waals surface area contributed by atoms with Crippen LogP contribution in [0.15, 0.2) is 60.1 Å². The fourth-order valence-electron chi connectivity index (χ4n) is 2.72. The number of aliphatic imine (C=N–C) groups is 1. The fourth-order valence-corrected chi connectivity index (χ4v) is 4.31. The van der Waals surface area contributed by atoms with Crippen LogP contribution in [0.3, 0.4) is 0 Å². The van der Waals surface area contributed by atoms with Crippen molar-refractivity contribution in [2.45, 2.75) is 11.7 Å². The fraction of sp³-hybridized carbons (Fsp3) is 0.150. The van der Waals surface area contributed by atoms with E-state index in [0.29, 0.717) is 33.9 Å². The summed E-state index contributed by atoms with van der Waals surface area (Å²) in [6.07, 6.45) is 2.06. The van der Waals surface area contributed by atoms with Gasteiger partial charge in [0.15, 0.2) is 5.17 Å². The molecule has 0 radical (unpaired) electrons. The molecule has 1 unspecified atom stereocenters. The predicted molar refractivity (Wildman–Crippen MR) is 114 cm³/mol. The highest BCUT2D eigenvalue weighted by atomic mass is 35.5. The first-order valence-electron chi connectivity index (χ1n) is 8.34. The van der Waals surface area contributed by atoms with E-state index in [4.69, 9.17) is 28.3 Å². The van der Waals surface area contributed by atoms with Gasteiger partial charge in [0.25, 0.3) is 0 Å². The quantitative estimate of drug-likeness (QED) is 0.645. The summed E-state index contributed by atoms with van der Waals surface area (Å²) in [4.78, 5) is 29.9. The summed E-state index contributed by atoms with van der Waals surface area (Å²) < 4.78 is 0. The van der Waals surface area contributed by atoms with Crippen molar-refractivity contribution < 1.29 is 14.7 Å². The molecule has 0 spiro atoms. The molecule has 2 aromatic carbocycles. The number of amidine groups is 1. The highest BCUT2D eigenvalue weighted by Crippen LogP contribution is 2.34. The lowest BCUT2D eigenvalue weighted by Crippen LogP contribution is -2.32. The van der Waals surface area contributed by atoms with Crippen molar-refractivity contribution in [1.82, 2.24) is 4.90 Å². The highest BCUT2D eigenvalue weighted by Gasteiger charge is 2.37. The average molecular weight is 435 g/mol. The van der Waals surface area contributed by atoms with Crippen LogP contribution < -0.4 is 0 Å². The molecule has 0 aliphatic carbocycles. The lowest BCUT2D eigenvalue weighted by atomic mass is 10.1. The Kier molecular flexibility index (Phi) is 6.44. The molecule has 0 saturated carbocycles. The van der Waals surface area contributed by atoms with Gasteiger partial charge in [-0.2, -0.15) is 0 Å². The Morgan fingerprint density at radius 1 is 1.25 bits per heavy atom. The van der Waals surface area contributed by atoms with E-state index in [1.165, 1.54) is 23.9 Å². The molecular formula is C20H16Cl2N2O3S. The molecule has 1 amide bonds. The predicted octanol–water partition coefficient (Wildman–Crippen LogP) is 5.05. The number of nitrogens with zero attached hydrogens (tertiary/aromatic N) is 2. The maximum Gasteiger partial charge on any atom is 0.335 e. The Hall–Kier alpha value is -2.28. The number of amides is 1. The molecule has 1 aliphatic rings. The molecule has 2 aromatic rings. The molecular weight excluding hydrogens is 419 g/mol. The van der Waals surface area contributed by atoms with Gasteiger partial charge in [0.1, 0.15) is 0 Å². The van der Waals surface area contributed by atoms with Gasteiger partial charge in [-0.05, 0) is 42.3 Å². The van der Waals surface area contributed by atoms with Crippen LogP contribution in [-0.2, 0) is 11.2 Å². The molecule has 0 aromatic heterocycles. The summed E-state index contributed by atoms with van der Waals surface area (Å²) in [5, 5.41) is 10.1. The summed E-state index contributed by atoms with van der Waals surface area (Å²) in [6.45, 7) is 4.03. The summed E-state index contributed by atoms with van der Waals surface area (Å²) in [5.41, 5.74) is 1.54. The van der Waals surface area contributed by atoms with Crippen LogP contribution in [0.4, 0.5) is 5.69 Å². The van der Waals surface area contributed by atoms with E-state index in [9.17, 15) is 9.59 Å². The van der Waals surface area contributed by atoms with Crippen LogP contribution >= 0.6 is 35.0 Å². The molecule has 3 rings (SSSR count). The number of carboxylic acids is 1. The monoisotopic (exact) mass is 434 g/mol. The van der Waals surface area contributed by atoms with Crippen LogP contribution in [0.25, 0.3) is 0 Å². The van der Waals surface area contributed by atoms with Crippen LogP contribution in [-0.4, -0.2) is 38.8 Å². The van der Waals surface area contributed by atoms with Gasteiger partial charge in [0.2, 0.25) is 5.91 Å². The number of halogens is 2. The molecule has 28 heavy (non-hydrogen) atoms. The van der Waals surface area contributed by atoms with Crippen LogP contribution in [0.1, 0.15) is 15.9 Å². The third-order valence-electron chi connectivity index (χ3n) is 4.11. The molecule has 1 fully saturated rings. The largest absolute Gasteiger partial charge is 0.478 e. The second-order valence-electron chi connectivity index (χ2n) is 6.01. The van der Waals surface area contributed by atoms with E-state index in [2.05, 4.69) is 11.6 Å². The number of aromatic carboxylic acids is 1. The number of carbonyl (C=O) groups excluding carboxylic acids is 1. The van der Waals surface area contributed by atoms with Gasteiger partial charge < -0.3 is 5.11 Å². The van der Waals surface area contributed by atoms with E-state index in [-0.39, 0.29) is 16.7 Å². The van der Waals surface area contributed by atoms with Crippen LogP contribution in [0.5, 0.6) is 0 Å². The minimum atomic E-state index is -1.00. The molecule has 1 N–H and O–H groups in total. The average Bonchev–Trinajstić information content (AvgIpc) is 2.95. The van der Waals surface area contributed by atoms with E-state index in [0.717, 1.165) is 5.56 Å². The van der Waals surface area contributed by atoms with Gasteiger partial charge in [-0.3, -0.25) is 9.69 Å². The zero-order valence-corrected chi connectivity index (χ0v) is 17.0. The maximum absolute atomic E-state index is 12.9. The van der Waals surface area contributed by atoms with Crippen molar-refractivity contribution >= 4 is 57.7 Å². The topological polar surface area (TPSA) is 70.0 Å². The number of carbonyl (C=O) groups is 2. The number of rotatable bonds is 6. The first-order valence-corrected chi connectivity index (χ1v) is 9.98. The molecule has 5 nitrogen and oxygen atoms in total. The highest BCUT2D eigenvalue weighted by molar-refractivity contribution is 8.15. The third kappa shape index (κ3) is 4.41. The summed E-state index contributed by atoms with van der Waals surface area (Å²) in [5.74, 6) is -1.08. The molecule has 1 heterocycles. The van der Waals surface area contributed by atoms with E-state index >= 15 is 0 Å². The number of hydrogen-bond acceptors (Lipinski definition) is 4. The van der Waals surface area contributed by atoms with E-state index in [1.54, 1.807) is 35.2 Å². The van der Waals surface area contributed by atoms with Gasteiger partial charge in [0, 0.05) is 6.54 Å². The number of thioether (sulfide) groups is 1. The van der Waals surface area contributed by atoms with Crippen molar-refractivity contribution in [2.75, 3.05) is 6.54 Å². The van der Waals surface area contributed by atoms with Gasteiger partial charge >= 0.3 is 5.97 Å². The first-order chi connectivity index (χ1) is 13.4. The smallest absolute Gasteiger partial charge is 0.335 e. The Morgan fingerprint density at radius 2 is 1.96 bits per heavy atom. The van der Waals surface area contributed by atoms with Gasteiger partial charge in [0.05, 0.1) is 26.5 Å². The zero-order chi connectivity index (χ0) is 20.3. The lowest BCUT2D eigenvalue weighted by molar-refractivity contribution is -0.125. The second-order valence-corrected chi connectivity index (χ2v) is 7.96. The Labute approximate surface area is 176 Å². The standard InChI is InChI=1S/C20H16Cl2N2O3S/c1-2-10-24-18(25)16(11-13-4-3-5-15(21)17(13)22)28-20(24)23-14-8-6-12(7-9-14)19(26)27/h2-9,16H,1,10-11H2,(H,26,27). The Bertz CT molecular complexity index is 960. The molecule has 1 saturated heterocycles. The molecule has 144 valence electrons. The molecule has 1 atom stereocenters. The Morgan fingerprint density at radius 3 is 2.61 bits per heavy atom. The summed E-state index contributed by atoms with van der Waals surface area (Å²) in [7, 11) is 0. The maximum atomic E-state index is 12.9. The Balaban J connectivity index is 1.86. The molecule has 0 bridgehead atoms. The minimum absolute atomic E-state index is 0.0816. The number of hydrogen-bond donors (Lipinski definition) is 1.